The first-order valence-corrected chi connectivity index (χ1v) is 8.59. The maximum atomic E-state index is 12.8. The third kappa shape index (κ3) is 2.84. The number of hydrogen-bond acceptors (Lipinski definition) is 3. The first-order chi connectivity index (χ1) is 11.0. The van der Waals surface area contributed by atoms with E-state index in [9.17, 15) is 9.59 Å². The first kappa shape index (κ1) is 15.6. The van der Waals surface area contributed by atoms with Crippen molar-refractivity contribution in [1.29, 1.82) is 0 Å². The van der Waals surface area contributed by atoms with Crippen molar-refractivity contribution in [2.75, 3.05) is 6.26 Å². The van der Waals surface area contributed by atoms with Gasteiger partial charge in [0.25, 0.3) is 5.91 Å². The lowest BCUT2D eigenvalue weighted by molar-refractivity contribution is -0.131. The Morgan fingerprint density at radius 1 is 1.04 bits per heavy atom. The average molecular weight is 326 g/mol. The fourth-order valence-electron chi connectivity index (χ4n) is 2.72. The topological polar surface area (TPSA) is 49.4 Å². The molecule has 0 bridgehead atoms. The largest absolute Gasteiger partial charge is 0.325 e. The number of imide groups is 1. The zero-order chi connectivity index (χ0) is 16.4. The van der Waals surface area contributed by atoms with E-state index in [1.165, 1.54) is 4.90 Å². The van der Waals surface area contributed by atoms with Crippen LogP contribution in [0.2, 0.25) is 0 Å². The second-order valence-electron chi connectivity index (χ2n) is 5.66. The maximum absolute atomic E-state index is 12.8. The number of rotatable bonds is 4. The molecule has 23 heavy (non-hydrogen) atoms. The smallest absolute Gasteiger partial charge is 0.319 e. The van der Waals surface area contributed by atoms with Crippen molar-refractivity contribution >= 4 is 23.7 Å². The van der Waals surface area contributed by atoms with Crippen molar-refractivity contribution < 1.29 is 9.59 Å². The van der Waals surface area contributed by atoms with Crippen molar-refractivity contribution in [3.63, 3.8) is 0 Å². The fourth-order valence-corrected chi connectivity index (χ4v) is 3.13. The summed E-state index contributed by atoms with van der Waals surface area (Å²) in [4.78, 5) is 27.5. The maximum Gasteiger partial charge on any atom is 0.325 e. The molecular formula is C18H18N2O2S. The third-order valence-electron chi connectivity index (χ3n) is 4.13. The molecule has 1 aliphatic rings. The molecule has 5 heteroatoms. The summed E-state index contributed by atoms with van der Waals surface area (Å²) in [7, 11) is 0. The van der Waals surface area contributed by atoms with Gasteiger partial charge in [-0.3, -0.25) is 9.69 Å². The summed E-state index contributed by atoms with van der Waals surface area (Å²) in [6.07, 6.45) is 2.01. The highest BCUT2D eigenvalue weighted by molar-refractivity contribution is 7.98. The molecule has 1 N–H and O–H groups in total. The van der Waals surface area contributed by atoms with Crippen molar-refractivity contribution in [3.8, 4) is 0 Å². The number of carbonyl (C=O) groups excluding carboxylic acids is 2. The van der Waals surface area contributed by atoms with Crippen LogP contribution in [0, 0.1) is 0 Å². The van der Waals surface area contributed by atoms with Gasteiger partial charge < -0.3 is 5.32 Å². The predicted molar refractivity (Wildman–Crippen MR) is 91.1 cm³/mol. The molecule has 1 heterocycles. The van der Waals surface area contributed by atoms with Crippen LogP contribution in [-0.4, -0.2) is 23.1 Å². The zero-order valence-corrected chi connectivity index (χ0v) is 13.9. The van der Waals surface area contributed by atoms with E-state index in [1.807, 2.05) is 60.9 Å². The van der Waals surface area contributed by atoms with Gasteiger partial charge in [-0.2, -0.15) is 0 Å². The number of amides is 3. The van der Waals surface area contributed by atoms with Gasteiger partial charge in [0, 0.05) is 4.90 Å². The van der Waals surface area contributed by atoms with Crippen LogP contribution in [0.5, 0.6) is 0 Å². The van der Waals surface area contributed by atoms with Crippen LogP contribution in [0.4, 0.5) is 4.79 Å². The van der Waals surface area contributed by atoms with E-state index in [2.05, 4.69) is 5.32 Å². The number of benzene rings is 2. The van der Waals surface area contributed by atoms with Crippen molar-refractivity contribution in [2.45, 2.75) is 23.9 Å². The van der Waals surface area contributed by atoms with Crippen LogP contribution < -0.4 is 5.32 Å². The van der Waals surface area contributed by atoms with Crippen molar-refractivity contribution in [2.24, 2.45) is 0 Å². The molecular weight excluding hydrogens is 308 g/mol. The zero-order valence-electron chi connectivity index (χ0n) is 13.1. The van der Waals surface area contributed by atoms with Crippen LogP contribution in [0.15, 0.2) is 59.5 Å². The lowest BCUT2D eigenvalue weighted by Crippen LogP contribution is -2.40. The Morgan fingerprint density at radius 3 is 2.30 bits per heavy atom. The minimum atomic E-state index is -1.00. The predicted octanol–water partition coefficient (Wildman–Crippen LogP) is 3.38. The van der Waals surface area contributed by atoms with E-state index in [4.69, 9.17) is 0 Å². The van der Waals surface area contributed by atoms with Gasteiger partial charge in [-0.25, -0.2) is 4.79 Å². The van der Waals surface area contributed by atoms with E-state index in [0.29, 0.717) is 0 Å². The third-order valence-corrected chi connectivity index (χ3v) is 4.87. The lowest BCUT2D eigenvalue weighted by Gasteiger charge is -2.22. The second-order valence-corrected chi connectivity index (χ2v) is 6.54. The normalized spacial score (nSPS) is 20.7. The molecule has 4 nitrogen and oxygen atoms in total. The highest BCUT2D eigenvalue weighted by Crippen LogP contribution is 2.29. The molecule has 0 aromatic heterocycles. The van der Waals surface area contributed by atoms with E-state index >= 15 is 0 Å². The summed E-state index contributed by atoms with van der Waals surface area (Å²) in [6, 6.07) is 16.9. The molecule has 1 aliphatic heterocycles. The van der Waals surface area contributed by atoms with E-state index in [-0.39, 0.29) is 18.5 Å². The Labute approximate surface area is 139 Å². The van der Waals surface area contributed by atoms with Crippen molar-refractivity contribution in [3.05, 3.63) is 65.7 Å². The Kier molecular flexibility index (Phi) is 4.13. The molecule has 118 valence electrons. The Morgan fingerprint density at radius 2 is 1.70 bits per heavy atom. The number of hydrogen-bond donors (Lipinski definition) is 1. The fraction of sp³-hybridized carbons (Fsp3) is 0.222. The number of urea groups is 1. The van der Waals surface area contributed by atoms with E-state index in [0.717, 1.165) is 16.0 Å². The number of thioether (sulfide) groups is 1. The van der Waals surface area contributed by atoms with Gasteiger partial charge in [-0.05, 0) is 36.4 Å². The molecule has 0 spiro atoms. The standard InChI is InChI=1S/C18H18N2O2S/c1-18(14-6-4-3-5-7-14)16(21)20(17(22)19-18)12-13-8-10-15(23-2)11-9-13/h3-11H,12H2,1-2H3,(H,19,22)/t18-/m0/s1. The molecule has 1 fully saturated rings. The van der Waals surface area contributed by atoms with E-state index < -0.39 is 5.54 Å². The highest BCUT2D eigenvalue weighted by atomic mass is 32.2. The summed E-state index contributed by atoms with van der Waals surface area (Å²) in [5, 5.41) is 2.82. The number of carbonyl (C=O) groups is 2. The molecule has 0 saturated carbocycles. The lowest BCUT2D eigenvalue weighted by atomic mass is 9.92. The molecule has 0 aliphatic carbocycles. The average Bonchev–Trinajstić information content (AvgIpc) is 2.81. The molecule has 1 atom stereocenters. The molecule has 3 rings (SSSR count). The van der Waals surface area contributed by atoms with Gasteiger partial charge in [0.1, 0.15) is 5.54 Å². The minimum Gasteiger partial charge on any atom is -0.319 e. The Hall–Kier alpha value is -2.27. The molecule has 2 aromatic carbocycles. The molecule has 1 saturated heterocycles. The van der Waals surface area contributed by atoms with Gasteiger partial charge in [0.05, 0.1) is 6.54 Å². The number of nitrogens with zero attached hydrogens (tertiary/aromatic N) is 1. The highest BCUT2D eigenvalue weighted by Gasteiger charge is 2.48. The second kappa shape index (κ2) is 6.08. The summed E-state index contributed by atoms with van der Waals surface area (Å²) in [5.41, 5.74) is 0.722. The van der Waals surface area contributed by atoms with Crippen LogP contribution in [0.25, 0.3) is 0 Å². The molecule has 3 amide bonds. The molecule has 0 unspecified atom stereocenters. The summed E-state index contributed by atoms with van der Waals surface area (Å²) in [5.74, 6) is -0.220. The van der Waals surface area contributed by atoms with E-state index in [1.54, 1.807) is 18.7 Å². The molecule has 0 radical (unpaired) electrons. The molecule has 2 aromatic rings. The van der Waals surface area contributed by atoms with Crippen LogP contribution in [0.1, 0.15) is 18.1 Å². The van der Waals surface area contributed by atoms with Gasteiger partial charge in [-0.1, -0.05) is 42.5 Å². The summed E-state index contributed by atoms with van der Waals surface area (Å²) >= 11 is 1.66. The van der Waals surface area contributed by atoms with Gasteiger partial charge in [0.15, 0.2) is 0 Å². The minimum absolute atomic E-state index is 0.220. The van der Waals surface area contributed by atoms with Gasteiger partial charge in [-0.15, -0.1) is 11.8 Å². The van der Waals surface area contributed by atoms with Gasteiger partial charge in [0.2, 0.25) is 0 Å². The summed E-state index contributed by atoms with van der Waals surface area (Å²) < 4.78 is 0. The van der Waals surface area contributed by atoms with Crippen LogP contribution in [0.3, 0.4) is 0 Å². The quantitative estimate of drug-likeness (QED) is 0.692. The SMILES string of the molecule is CSc1ccc(CN2C(=O)N[C@@](C)(c3ccccc3)C2=O)cc1. The summed E-state index contributed by atoms with van der Waals surface area (Å²) in [6.45, 7) is 2.03. The number of nitrogens with one attached hydrogen (secondary N) is 1. The van der Waals surface area contributed by atoms with Crippen molar-refractivity contribution in [1.82, 2.24) is 10.2 Å². The van der Waals surface area contributed by atoms with Gasteiger partial charge >= 0.3 is 6.03 Å². The Balaban J connectivity index is 1.84. The van der Waals surface area contributed by atoms with Crippen LogP contribution in [-0.2, 0) is 16.9 Å². The van der Waals surface area contributed by atoms with Crippen LogP contribution >= 0.6 is 11.8 Å². The monoisotopic (exact) mass is 326 g/mol. The Bertz CT molecular complexity index is 730. The first-order valence-electron chi connectivity index (χ1n) is 7.37.